The summed E-state index contributed by atoms with van der Waals surface area (Å²) in [5, 5.41) is 3.21. The lowest BCUT2D eigenvalue weighted by Crippen LogP contribution is -2.46. The highest BCUT2D eigenvalue weighted by Crippen LogP contribution is 2.33. The molecule has 0 aromatic rings. The minimum absolute atomic E-state index is 0.202. The van der Waals surface area contributed by atoms with Crippen molar-refractivity contribution in [3.05, 3.63) is 0 Å². The SMILES string of the molecule is CN(CC(=O)NC1CCCCC1)C[C@H]1CCN(C)C1(C)C. The van der Waals surface area contributed by atoms with Gasteiger partial charge in [-0.25, -0.2) is 0 Å². The molecule has 1 heterocycles. The summed E-state index contributed by atoms with van der Waals surface area (Å²) in [6.07, 6.45) is 7.42. The van der Waals surface area contributed by atoms with Gasteiger partial charge in [-0.05, 0) is 59.7 Å². The molecule has 0 spiro atoms. The van der Waals surface area contributed by atoms with Gasteiger partial charge in [0, 0.05) is 18.1 Å². The molecule has 0 unspecified atom stereocenters. The van der Waals surface area contributed by atoms with E-state index in [4.69, 9.17) is 0 Å². The molecule has 122 valence electrons. The van der Waals surface area contributed by atoms with Crippen LogP contribution in [0.1, 0.15) is 52.4 Å². The van der Waals surface area contributed by atoms with Crippen molar-refractivity contribution < 1.29 is 4.79 Å². The highest BCUT2D eigenvalue weighted by atomic mass is 16.2. The van der Waals surface area contributed by atoms with E-state index in [1.807, 2.05) is 0 Å². The third-order valence-corrected chi connectivity index (χ3v) is 5.71. The smallest absolute Gasteiger partial charge is 0.234 e. The summed E-state index contributed by atoms with van der Waals surface area (Å²) < 4.78 is 0. The number of carbonyl (C=O) groups is 1. The molecule has 1 aliphatic carbocycles. The van der Waals surface area contributed by atoms with Gasteiger partial charge in [0.25, 0.3) is 0 Å². The van der Waals surface area contributed by atoms with E-state index in [1.165, 1.54) is 32.2 Å². The molecule has 0 bridgehead atoms. The van der Waals surface area contributed by atoms with Gasteiger partial charge in [-0.3, -0.25) is 9.69 Å². The van der Waals surface area contributed by atoms with Crippen LogP contribution in [0.25, 0.3) is 0 Å². The van der Waals surface area contributed by atoms with Gasteiger partial charge in [0.15, 0.2) is 0 Å². The van der Waals surface area contributed by atoms with Crippen molar-refractivity contribution in [3.8, 4) is 0 Å². The third-order valence-electron chi connectivity index (χ3n) is 5.71. The summed E-state index contributed by atoms with van der Waals surface area (Å²) in [6.45, 7) is 7.35. The van der Waals surface area contributed by atoms with E-state index in [0.717, 1.165) is 19.4 Å². The molecule has 2 fully saturated rings. The van der Waals surface area contributed by atoms with Crippen molar-refractivity contribution in [2.24, 2.45) is 5.92 Å². The number of amides is 1. The van der Waals surface area contributed by atoms with Crippen LogP contribution in [-0.4, -0.2) is 61.0 Å². The number of nitrogens with zero attached hydrogens (tertiary/aromatic N) is 2. The van der Waals surface area contributed by atoms with Crippen LogP contribution in [0.4, 0.5) is 0 Å². The minimum Gasteiger partial charge on any atom is -0.352 e. The minimum atomic E-state index is 0.202. The van der Waals surface area contributed by atoms with Gasteiger partial charge < -0.3 is 10.2 Å². The van der Waals surface area contributed by atoms with Gasteiger partial charge in [0.2, 0.25) is 5.91 Å². The normalized spacial score (nSPS) is 27.2. The maximum absolute atomic E-state index is 12.2. The molecule has 0 aromatic heterocycles. The van der Waals surface area contributed by atoms with E-state index in [-0.39, 0.29) is 11.4 Å². The number of carbonyl (C=O) groups excluding carboxylic acids is 1. The number of hydrogen-bond acceptors (Lipinski definition) is 3. The van der Waals surface area contributed by atoms with E-state index >= 15 is 0 Å². The molecule has 1 saturated heterocycles. The lowest BCUT2D eigenvalue weighted by atomic mass is 9.88. The van der Waals surface area contributed by atoms with Crippen molar-refractivity contribution in [1.29, 1.82) is 0 Å². The van der Waals surface area contributed by atoms with E-state index in [9.17, 15) is 4.79 Å². The molecule has 1 N–H and O–H groups in total. The molecule has 21 heavy (non-hydrogen) atoms. The molecule has 2 aliphatic rings. The molecule has 1 amide bonds. The predicted octanol–water partition coefficient (Wildman–Crippen LogP) is 2.10. The highest BCUT2D eigenvalue weighted by Gasteiger charge is 2.39. The topological polar surface area (TPSA) is 35.6 Å². The van der Waals surface area contributed by atoms with Crippen molar-refractivity contribution in [2.75, 3.05) is 33.7 Å². The lowest BCUT2D eigenvalue weighted by Gasteiger charge is -2.35. The second-order valence-corrected chi connectivity index (χ2v) is 7.66. The quantitative estimate of drug-likeness (QED) is 0.844. The van der Waals surface area contributed by atoms with Crippen LogP contribution in [0.15, 0.2) is 0 Å². The van der Waals surface area contributed by atoms with Crippen LogP contribution in [0.2, 0.25) is 0 Å². The number of likely N-dealkylation sites (N-methyl/N-ethyl adjacent to an activating group) is 1. The van der Waals surface area contributed by atoms with Gasteiger partial charge in [0.05, 0.1) is 6.54 Å². The molecule has 1 saturated carbocycles. The van der Waals surface area contributed by atoms with Gasteiger partial charge in [-0.15, -0.1) is 0 Å². The van der Waals surface area contributed by atoms with Crippen LogP contribution >= 0.6 is 0 Å². The van der Waals surface area contributed by atoms with Crippen LogP contribution in [-0.2, 0) is 4.79 Å². The molecule has 4 heteroatoms. The second-order valence-electron chi connectivity index (χ2n) is 7.66. The van der Waals surface area contributed by atoms with Crippen LogP contribution < -0.4 is 5.32 Å². The zero-order chi connectivity index (χ0) is 15.5. The molecule has 0 aromatic carbocycles. The summed E-state index contributed by atoms with van der Waals surface area (Å²) >= 11 is 0. The molecule has 4 nitrogen and oxygen atoms in total. The van der Waals surface area contributed by atoms with Crippen LogP contribution in [0.3, 0.4) is 0 Å². The first-order valence-corrected chi connectivity index (χ1v) is 8.58. The number of likely N-dealkylation sites (tertiary alicyclic amines) is 1. The molecule has 1 atom stereocenters. The average Bonchev–Trinajstić information content (AvgIpc) is 2.66. The zero-order valence-electron chi connectivity index (χ0n) is 14.3. The first-order valence-electron chi connectivity index (χ1n) is 8.58. The Morgan fingerprint density at radius 1 is 1.24 bits per heavy atom. The Bertz CT molecular complexity index is 350. The average molecular weight is 295 g/mol. The molecule has 2 rings (SSSR count). The third kappa shape index (κ3) is 4.43. The number of hydrogen-bond donors (Lipinski definition) is 1. The van der Waals surface area contributed by atoms with E-state index in [0.29, 0.717) is 18.5 Å². The summed E-state index contributed by atoms with van der Waals surface area (Å²) in [7, 11) is 4.28. The standard InChI is InChI=1S/C17H33N3O/c1-17(2)14(10-11-20(17)4)12-19(3)13-16(21)18-15-8-6-5-7-9-15/h14-15H,5-13H2,1-4H3,(H,18,21)/t14-/m1/s1. The van der Waals surface area contributed by atoms with Crippen molar-refractivity contribution in [2.45, 2.75) is 64.0 Å². The molecular formula is C17H33N3O. The Morgan fingerprint density at radius 3 is 2.48 bits per heavy atom. The van der Waals surface area contributed by atoms with Crippen molar-refractivity contribution >= 4 is 5.91 Å². The maximum atomic E-state index is 12.2. The number of nitrogens with one attached hydrogen (secondary N) is 1. The fourth-order valence-corrected chi connectivity index (χ4v) is 3.82. The van der Waals surface area contributed by atoms with E-state index in [2.05, 4.69) is 43.1 Å². The van der Waals surface area contributed by atoms with E-state index < -0.39 is 0 Å². The highest BCUT2D eigenvalue weighted by molar-refractivity contribution is 5.78. The largest absolute Gasteiger partial charge is 0.352 e. The Morgan fingerprint density at radius 2 is 1.90 bits per heavy atom. The Labute approximate surface area is 130 Å². The first-order chi connectivity index (χ1) is 9.89. The van der Waals surface area contributed by atoms with Gasteiger partial charge in [-0.1, -0.05) is 19.3 Å². The van der Waals surface area contributed by atoms with Crippen LogP contribution in [0, 0.1) is 5.92 Å². The summed E-state index contributed by atoms with van der Waals surface area (Å²) in [4.78, 5) is 16.8. The zero-order valence-corrected chi connectivity index (χ0v) is 14.3. The van der Waals surface area contributed by atoms with Crippen LogP contribution in [0.5, 0.6) is 0 Å². The number of rotatable bonds is 5. The molecule has 0 radical (unpaired) electrons. The van der Waals surface area contributed by atoms with Crippen molar-refractivity contribution in [1.82, 2.24) is 15.1 Å². The Balaban J connectivity index is 1.73. The molecular weight excluding hydrogens is 262 g/mol. The van der Waals surface area contributed by atoms with Gasteiger partial charge in [0.1, 0.15) is 0 Å². The maximum Gasteiger partial charge on any atom is 0.234 e. The van der Waals surface area contributed by atoms with Gasteiger partial charge in [-0.2, -0.15) is 0 Å². The second kappa shape index (κ2) is 7.10. The lowest BCUT2D eigenvalue weighted by molar-refractivity contribution is -0.123. The predicted molar refractivity (Wildman–Crippen MR) is 87.3 cm³/mol. The first kappa shape index (κ1) is 16.8. The summed E-state index contributed by atoms with van der Waals surface area (Å²) in [5.74, 6) is 0.850. The summed E-state index contributed by atoms with van der Waals surface area (Å²) in [5.41, 5.74) is 0.244. The molecule has 1 aliphatic heterocycles. The Kier molecular flexibility index (Phi) is 5.67. The van der Waals surface area contributed by atoms with Crippen molar-refractivity contribution in [3.63, 3.8) is 0 Å². The summed E-state index contributed by atoms with van der Waals surface area (Å²) in [6, 6.07) is 0.425. The van der Waals surface area contributed by atoms with E-state index in [1.54, 1.807) is 0 Å². The Hall–Kier alpha value is -0.610. The monoisotopic (exact) mass is 295 g/mol. The van der Waals surface area contributed by atoms with Gasteiger partial charge >= 0.3 is 0 Å². The fraction of sp³-hybridized carbons (Fsp3) is 0.941. The fourth-order valence-electron chi connectivity index (χ4n) is 3.82.